The molecule has 0 radical (unpaired) electrons. The highest BCUT2D eigenvalue weighted by molar-refractivity contribution is 5.98. The summed E-state index contributed by atoms with van der Waals surface area (Å²) in [6.45, 7) is 1.47. The van der Waals surface area contributed by atoms with Gasteiger partial charge in [-0.05, 0) is 24.6 Å². The van der Waals surface area contributed by atoms with Crippen molar-refractivity contribution in [1.29, 1.82) is 0 Å². The van der Waals surface area contributed by atoms with Crippen LogP contribution >= 0.6 is 0 Å². The average molecular weight is 390 g/mol. The van der Waals surface area contributed by atoms with Gasteiger partial charge >= 0.3 is 5.97 Å². The first kappa shape index (κ1) is 20.0. The lowest BCUT2D eigenvalue weighted by Gasteiger charge is -2.19. The van der Waals surface area contributed by atoms with Crippen LogP contribution in [0.15, 0.2) is 73.1 Å². The summed E-state index contributed by atoms with van der Waals surface area (Å²) in [6.07, 6.45) is 2.23. The molecule has 0 spiro atoms. The molecule has 2 aromatic carbocycles. The van der Waals surface area contributed by atoms with Crippen LogP contribution in [-0.4, -0.2) is 41.5 Å². The molecule has 1 aromatic heterocycles. The molecule has 29 heavy (non-hydrogen) atoms. The second-order valence-electron chi connectivity index (χ2n) is 6.44. The number of nitrogens with one attached hydrogen (secondary N) is 1. The standard InChI is InChI=1S/C22H22N4O3/c1-16(29-20(27)15-26(2)22-23-13-8-14-24-22)21(28)25-19-12-7-6-11-18(19)17-9-4-3-5-10-17/h3-14,16H,15H2,1-2H3,(H,25,28)/t16-/m1/s1. The van der Waals surface area contributed by atoms with Crippen LogP contribution in [0.4, 0.5) is 11.6 Å². The lowest BCUT2D eigenvalue weighted by atomic mass is 10.0. The van der Waals surface area contributed by atoms with Crippen molar-refractivity contribution in [1.82, 2.24) is 9.97 Å². The zero-order chi connectivity index (χ0) is 20.6. The van der Waals surface area contributed by atoms with E-state index in [4.69, 9.17) is 4.74 Å². The van der Waals surface area contributed by atoms with E-state index in [2.05, 4.69) is 15.3 Å². The minimum Gasteiger partial charge on any atom is -0.451 e. The van der Waals surface area contributed by atoms with Crippen molar-refractivity contribution in [2.75, 3.05) is 23.8 Å². The maximum atomic E-state index is 12.6. The van der Waals surface area contributed by atoms with Gasteiger partial charge in [0.05, 0.1) is 0 Å². The predicted molar refractivity (Wildman–Crippen MR) is 111 cm³/mol. The molecule has 1 amide bonds. The lowest BCUT2D eigenvalue weighted by molar-refractivity contribution is -0.151. The lowest BCUT2D eigenvalue weighted by Crippen LogP contribution is -2.35. The maximum absolute atomic E-state index is 12.6. The summed E-state index contributed by atoms with van der Waals surface area (Å²) >= 11 is 0. The largest absolute Gasteiger partial charge is 0.451 e. The highest BCUT2D eigenvalue weighted by atomic mass is 16.5. The number of ether oxygens (including phenoxy) is 1. The van der Waals surface area contributed by atoms with Gasteiger partial charge in [-0.1, -0.05) is 48.5 Å². The first-order valence-corrected chi connectivity index (χ1v) is 9.17. The molecular formula is C22H22N4O3. The van der Waals surface area contributed by atoms with E-state index in [0.717, 1.165) is 11.1 Å². The van der Waals surface area contributed by atoms with Crippen LogP contribution in [0, 0.1) is 0 Å². The molecule has 0 bridgehead atoms. The van der Waals surface area contributed by atoms with Gasteiger partial charge in [0.15, 0.2) is 6.10 Å². The summed E-state index contributed by atoms with van der Waals surface area (Å²) in [4.78, 5) is 34.4. The number of hydrogen-bond acceptors (Lipinski definition) is 6. The minimum absolute atomic E-state index is 0.0672. The number of anilines is 2. The molecular weight excluding hydrogens is 368 g/mol. The van der Waals surface area contributed by atoms with Crippen molar-refractivity contribution in [3.63, 3.8) is 0 Å². The second-order valence-corrected chi connectivity index (χ2v) is 6.44. The Labute approximate surface area is 169 Å². The van der Waals surface area contributed by atoms with Crippen molar-refractivity contribution in [3.8, 4) is 11.1 Å². The van der Waals surface area contributed by atoms with E-state index >= 15 is 0 Å². The Morgan fingerprint density at radius 3 is 2.38 bits per heavy atom. The van der Waals surface area contributed by atoms with Crippen LogP contribution < -0.4 is 10.2 Å². The number of rotatable bonds is 7. The van der Waals surface area contributed by atoms with Gasteiger partial charge in [-0.25, -0.2) is 9.97 Å². The number of carbonyl (C=O) groups excluding carboxylic acids is 2. The highest BCUT2D eigenvalue weighted by Crippen LogP contribution is 2.27. The Kier molecular flexibility index (Phi) is 6.52. The van der Waals surface area contributed by atoms with Crippen molar-refractivity contribution in [2.45, 2.75) is 13.0 Å². The summed E-state index contributed by atoms with van der Waals surface area (Å²) in [5, 5.41) is 2.84. The van der Waals surface area contributed by atoms with Gasteiger partial charge in [0.25, 0.3) is 5.91 Å². The van der Waals surface area contributed by atoms with Gasteiger partial charge < -0.3 is 15.0 Å². The molecule has 0 aliphatic rings. The molecule has 7 nitrogen and oxygen atoms in total. The van der Waals surface area contributed by atoms with Crippen molar-refractivity contribution in [3.05, 3.63) is 73.1 Å². The first-order valence-electron chi connectivity index (χ1n) is 9.17. The van der Waals surface area contributed by atoms with Crippen molar-refractivity contribution < 1.29 is 14.3 Å². The van der Waals surface area contributed by atoms with E-state index in [1.54, 1.807) is 30.4 Å². The molecule has 0 fully saturated rings. The number of benzene rings is 2. The molecule has 0 saturated heterocycles. The molecule has 0 saturated carbocycles. The number of para-hydroxylation sites is 1. The van der Waals surface area contributed by atoms with Gasteiger partial charge in [0, 0.05) is 30.7 Å². The van der Waals surface area contributed by atoms with Crippen LogP contribution in [0.1, 0.15) is 6.92 Å². The summed E-state index contributed by atoms with van der Waals surface area (Å²) in [5.74, 6) is -0.544. The molecule has 3 aromatic rings. The van der Waals surface area contributed by atoms with Gasteiger partial charge in [-0.2, -0.15) is 0 Å². The van der Waals surface area contributed by atoms with Gasteiger partial charge in [0.2, 0.25) is 5.95 Å². The normalized spacial score (nSPS) is 11.4. The number of nitrogens with zero attached hydrogens (tertiary/aromatic N) is 3. The van der Waals surface area contributed by atoms with Crippen LogP contribution in [0.25, 0.3) is 11.1 Å². The summed E-state index contributed by atoms with van der Waals surface area (Å²) in [6, 6.07) is 18.9. The maximum Gasteiger partial charge on any atom is 0.326 e. The van der Waals surface area contributed by atoms with Crippen LogP contribution in [0.5, 0.6) is 0 Å². The molecule has 7 heteroatoms. The molecule has 0 aliphatic carbocycles. The molecule has 1 atom stereocenters. The SMILES string of the molecule is C[C@@H](OC(=O)CN(C)c1ncccn1)C(=O)Nc1ccccc1-c1ccccc1. The molecule has 3 rings (SSSR count). The van der Waals surface area contributed by atoms with Gasteiger partial charge in [-0.15, -0.1) is 0 Å². The zero-order valence-electron chi connectivity index (χ0n) is 16.3. The van der Waals surface area contributed by atoms with Gasteiger partial charge in [0.1, 0.15) is 6.54 Å². The molecule has 1 N–H and O–H groups in total. The number of esters is 1. The molecule has 0 aliphatic heterocycles. The average Bonchev–Trinajstić information content (AvgIpc) is 2.75. The third-order valence-corrected chi connectivity index (χ3v) is 4.21. The summed E-state index contributed by atoms with van der Waals surface area (Å²) in [7, 11) is 1.68. The second kappa shape index (κ2) is 9.45. The highest BCUT2D eigenvalue weighted by Gasteiger charge is 2.20. The Hall–Kier alpha value is -3.74. The monoisotopic (exact) mass is 390 g/mol. The number of aromatic nitrogens is 2. The molecule has 0 unspecified atom stereocenters. The summed E-state index contributed by atoms with van der Waals surface area (Å²) in [5.41, 5.74) is 2.53. The predicted octanol–water partition coefficient (Wildman–Crippen LogP) is 3.15. The molecule has 148 valence electrons. The smallest absolute Gasteiger partial charge is 0.326 e. The Morgan fingerprint density at radius 2 is 1.66 bits per heavy atom. The van der Waals surface area contributed by atoms with Crippen LogP contribution in [0.3, 0.4) is 0 Å². The number of hydrogen-bond donors (Lipinski definition) is 1. The van der Waals surface area contributed by atoms with E-state index in [1.807, 2.05) is 54.6 Å². The van der Waals surface area contributed by atoms with E-state index in [9.17, 15) is 9.59 Å². The van der Waals surface area contributed by atoms with Crippen molar-refractivity contribution >= 4 is 23.5 Å². The molecule has 1 heterocycles. The third-order valence-electron chi connectivity index (χ3n) is 4.21. The van der Waals surface area contributed by atoms with E-state index in [0.29, 0.717) is 11.6 Å². The summed E-state index contributed by atoms with van der Waals surface area (Å²) < 4.78 is 5.27. The van der Waals surface area contributed by atoms with Crippen molar-refractivity contribution in [2.24, 2.45) is 0 Å². The fourth-order valence-corrected chi connectivity index (χ4v) is 2.74. The Bertz CT molecular complexity index is 964. The number of carbonyl (C=O) groups is 2. The van der Waals surface area contributed by atoms with E-state index in [-0.39, 0.29) is 6.54 Å². The number of amides is 1. The first-order chi connectivity index (χ1) is 14.0. The van der Waals surface area contributed by atoms with E-state index in [1.165, 1.54) is 6.92 Å². The third kappa shape index (κ3) is 5.38. The van der Waals surface area contributed by atoms with E-state index < -0.39 is 18.0 Å². The fraction of sp³-hybridized carbons (Fsp3) is 0.182. The Balaban J connectivity index is 1.61. The number of likely N-dealkylation sites (N-methyl/N-ethyl adjacent to an activating group) is 1. The van der Waals surface area contributed by atoms with Crippen LogP contribution in [-0.2, 0) is 14.3 Å². The topological polar surface area (TPSA) is 84.4 Å². The van der Waals surface area contributed by atoms with Gasteiger partial charge in [-0.3, -0.25) is 9.59 Å². The van der Waals surface area contributed by atoms with Crippen LogP contribution in [0.2, 0.25) is 0 Å². The fourth-order valence-electron chi connectivity index (χ4n) is 2.74. The quantitative estimate of drug-likeness (QED) is 0.624. The zero-order valence-corrected chi connectivity index (χ0v) is 16.3. The minimum atomic E-state index is -0.948. The Morgan fingerprint density at radius 1 is 1.00 bits per heavy atom.